The fourth-order valence-corrected chi connectivity index (χ4v) is 8.36. The summed E-state index contributed by atoms with van der Waals surface area (Å²) in [5, 5.41) is 0. The minimum Gasteiger partial charge on any atom is -0.379 e. The molecule has 0 aromatic heterocycles. The smallest absolute Gasteiger partial charge is 0.0594 e. The summed E-state index contributed by atoms with van der Waals surface area (Å²) in [6.45, 7) is 73.6. The molecule has 1 aliphatic carbocycles. The zero-order valence-electron chi connectivity index (χ0n) is 56.5. The molecule has 5 rings (SSSR count). The quantitative estimate of drug-likeness (QED) is 0.262. The fraction of sp³-hybridized carbons (Fsp3) is 0.833. The zero-order chi connectivity index (χ0) is 58.5. The van der Waals surface area contributed by atoms with Crippen LogP contribution < -0.4 is 0 Å². The van der Waals surface area contributed by atoms with Gasteiger partial charge in [0.25, 0.3) is 0 Å². The van der Waals surface area contributed by atoms with E-state index >= 15 is 0 Å². The van der Waals surface area contributed by atoms with Crippen LogP contribution in [0.3, 0.4) is 0 Å². The highest BCUT2D eigenvalue weighted by atomic mass is 16.5. The van der Waals surface area contributed by atoms with Gasteiger partial charge in [-0.25, -0.2) is 0 Å². The van der Waals surface area contributed by atoms with Crippen molar-refractivity contribution in [2.24, 2.45) is 55.7 Å². The van der Waals surface area contributed by atoms with E-state index < -0.39 is 0 Å². The SMILES string of the molecule is CC(C)(C)C1CCCCC1.CC(C)(C)CCN1CCCCC1.CC(C)(C)CCN1CCOCC1.CC(C)C(C)(C)C.CC(c1ccccc1)C(C)(C)C.CCC(C)C(C)(C)C.CCc1ccc(C(C)C(C)(C)C)cc1. The summed E-state index contributed by atoms with van der Waals surface area (Å²) >= 11 is 0. The van der Waals surface area contributed by atoms with Crippen molar-refractivity contribution in [2.75, 3.05) is 52.5 Å². The van der Waals surface area contributed by atoms with Gasteiger partial charge in [-0.15, -0.1) is 0 Å². The van der Waals surface area contributed by atoms with Gasteiger partial charge in [-0.3, -0.25) is 4.90 Å². The largest absolute Gasteiger partial charge is 0.379 e. The lowest BCUT2D eigenvalue weighted by molar-refractivity contribution is 0.0333. The van der Waals surface area contributed by atoms with Crippen LogP contribution in [0.4, 0.5) is 0 Å². The average Bonchev–Trinajstić information content (AvgIpc) is 3.32. The third-order valence-electron chi connectivity index (χ3n) is 17.3. The maximum absolute atomic E-state index is 5.29. The van der Waals surface area contributed by atoms with Crippen molar-refractivity contribution in [1.29, 1.82) is 0 Å². The number of hydrogen-bond acceptors (Lipinski definition) is 3. The molecule has 0 amide bonds. The Morgan fingerprint density at radius 2 is 0.827 bits per heavy atom. The predicted octanol–water partition coefficient (Wildman–Crippen LogP) is 22.3. The summed E-state index contributed by atoms with van der Waals surface area (Å²) in [6.07, 6.45) is 16.7. The third-order valence-corrected chi connectivity index (χ3v) is 17.3. The summed E-state index contributed by atoms with van der Waals surface area (Å²) in [5.74, 6) is 3.89. The minimum absolute atomic E-state index is 0.355. The molecule has 3 unspecified atom stereocenters. The van der Waals surface area contributed by atoms with Crippen molar-refractivity contribution in [1.82, 2.24) is 9.80 Å². The van der Waals surface area contributed by atoms with Crippen molar-refractivity contribution in [3.63, 3.8) is 0 Å². The van der Waals surface area contributed by atoms with Crippen molar-refractivity contribution < 1.29 is 4.74 Å². The van der Waals surface area contributed by atoms with E-state index in [1.807, 2.05) is 0 Å². The second kappa shape index (κ2) is 36.6. The average molecular weight is 1050 g/mol. The van der Waals surface area contributed by atoms with Crippen LogP contribution in [-0.2, 0) is 11.2 Å². The Bertz CT molecular complexity index is 1570. The van der Waals surface area contributed by atoms with Gasteiger partial charge in [-0.05, 0) is 155 Å². The van der Waals surface area contributed by atoms with Gasteiger partial charge < -0.3 is 9.64 Å². The normalized spacial score (nSPS) is 17.7. The molecule has 0 radical (unpaired) electrons. The van der Waals surface area contributed by atoms with E-state index in [4.69, 9.17) is 4.74 Å². The summed E-state index contributed by atoms with van der Waals surface area (Å²) < 4.78 is 5.29. The molecule has 0 N–H and O–H groups in total. The highest BCUT2D eigenvalue weighted by molar-refractivity contribution is 5.26. The van der Waals surface area contributed by atoms with Crippen molar-refractivity contribution in [3.05, 3.63) is 71.3 Å². The van der Waals surface area contributed by atoms with E-state index in [1.54, 1.807) is 0 Å². The molecular formula is C72H138N2O. The Morgan fingerprint density at radius 3 is 1.12 bits per heavy atom. The number of morpholine rings is 1. The van der Waals surface area contributed by atoms with Crippen LogP contribution >= 0.6 is 0 Å². The Balaban J connectivity index is 0. The van der Waals surface area contributed by atoms with Gasteiger partial charge in [0.15, 0.2) is 0 Å². The lowest BCUT2D eigenvalue weighted by atomic mass is 9.72. The van der Waals surface area contributed by atoms with Gasteiger partial charge in [0.05, 0.1) is 13.2 Å². The number of rotatable bonds is 8. The van der Waals surface area contributed by atoms with Crippen LogP contribution in [0.1, 0.15) is 293 Å². The maximum atomic E-state index is 5.29. The van der Waals surface area contributed by atoms with E-state index in [0.717, 1.165) is 50.5 Å². The predicted molar refractivity (Wildman–Crippen MR) is 343 cm³/mol. The molecule has 3 heteroatoms. The zero-order valence-corrected chi connectivity index (χ0v) is 56.5. The van der Waals surface area contributed by atoms with Crippen LogP contribution in [0, 0.1) is 55.7 Å². The number of benzene rings is 2. The minimum atomic E-state index is 0.355. The van der Waals surface area contributed by atoms with Crippen LogP contribution in [0.15, 0.2) is 54.6 Å². The summed E-state index contributed by atoms with van der Waals surface area (Å²) in [7, 11) is 0. The van der Waals surface area contributed by atoms with Crippen LogP contribution in [-0.4, -0.2) is 62.3 Å². The monoisotopic (exact) mass is 1050 g/mol. The number of aryl methyl sites for hydroxylation is 1. The topological polar surface area (TPSA) is 15.7 Å². The van der Waals surface area contributed by atoms with Gasteiger partial charge in [-0.1, -0.05) is 281 Å². The van der Waals surface area contributed by atoms with E-state index in [9.17, 15) is 0 Å². The van der Waals surface area contributed by atoms with Gasteiger partial charge in [0.1, 0.15) is 0 Å². The number of piperidine rings is 1. The summed E-state index contributed by atoms with van der Waals surface area (Å²) in [5.41, 5.74) is 7.59. The molecule has 3 atom stereocenters. The van der Waals surface area contributed by atoms with E-state index in [-0.39, 0.29) is 0 Å². The molecule has 0 bridgehead atoms. The summed E-state index contributed by atoms with van der Waals surface area (Å²) in [4.78, 5) is 5.11. The first-order valence-corrected chi connectivity index (χ1v) is 31.3. The molecular weight excluding hydrogens is 909 g/mol. The second-order valence-corrected chi connectivity index (χ2v) is 31.6. The molecule has 2 heterocycles. The molecule has 3 aliphatic rings. The lowest BCUT2D eigenvalue weighted by Gasteiger charge is -2.33. The summed E-state index contributed by atoms with van der Waals surface area (Å²) in [6, 6.07) is 19.7. The van der Waals surface area contributed by atoms with Crippen molar-refractivity contribution in [3.8, 4) is 0 Å². The second-order valence-electron chi connectivity index (χ2n) is 31.6. The van der Waals surface area contributed by atoms with Gasteiger partial charge in [0.2, 0.25) is 0 Å². The van der Waals surface area contributed by atoms with Crippen molar-refractivity contribution >= 4 is 0 Å². The van der Waals surface area contributed by atoms with Gasteiger partial charge in [-0.2, -0.15) is 0 Å². The highest BCUT2D eigenvalue weighted by Crippen LogP contribution is 2.38. The molecule has 2 aliphatic heterocycles. The molecule has 0 spiro atoms. The molecule has 3 nitrogen and oxygen atoms in total. The molecule has 442 valence electrons. The molecule has 2 saturated heterocycles. The molecule has 2 aromatic carbocycles. The van der Waals surface area contributed by atoms with E-state index in [1.165, 1.54) is 113 Å². The molecule has 75 heavy (non-hydrogen) atoms. The van der Waals surface area contributed by atoms with E-state index in [0.29, 0.717) is 49.7 Å². The number of likely N-dealkylation sites (tertiary alicyclic amines) is 1. The van der Waals surface area contributed by atoms with Gasteiger partial charge in [0, 0.05) is 13.1 Å². The fourth-order valence-electron chi connectivity index (χ4n) is 8.36. The highest BCUT2D eigenvalue weighted by Gasteiger charge is 2.26. The first kappa shape index (κ1) is 75.4. The van der Waals surface area contributed by atoms with Crippen molar-refractivity contribution in [2.45, 2.75) is 283 Å². The number of hydrogen-bond donors (Lipinski definition) is 0. The number of nitrogens with zero attached hydrogens (tertiary/aromatic N) is 2. The van der Waals surface area contributed by atoms with E-state index in [2.05, 4.69) is 258 Å². The van der Waals surface area contributed by atoms with Crippen LogP contribution in [0.25, 0.3) is 0 Å². The molecule has 1 saturated carbocycles. The Labute approximate surface area is 474 Å². The Kier molecular flexibility index (Phi) is 36.7. The lowest BCUT2D eigenvalue weighted by Crippen LogP contribution is -2.37. The maximum Gasteiger partial charge on any atom is 0.0594 e. The van der Waals surface area contributed by atoms with Crippen LogP contribution in [0.2, 0.25) is 0 Å². The van der Waals surface area contributed by atoms with Gasteiger partial charge >= 0.3 is 0 Å². The molecule has 2 aromatic rings. The van der Waals surface area contributed by atoms with Crippen LogP contribution in [0.5, 0.6) is 0 Å². The standard InChI is InChI=1S/C14H22.C12H18.C11H23N.C10H21NO.C10H20.C8H18.C7H16/c1-6-12-7-9-13(10-8-12)11(2)14(3,4)5;1-10(12(2,3)4)11-8-6-5-7-9-11;1-11(2,3)7-10-12-8-5-4-6-9-12;1-10(2,3)4-5-11-6-8-12-9-7-11;1-10(2,3)9-7-5-4-6-8-9;1-6-7(2)8(3,4)5;1-6(2)7(3,4)5/h7-11H,6H2,1-5H3;5-10H,1-4H3;4-10H2,1-3H3;4-9H2,1-3H3;9H,4-8H2,1-3H3;7H,6H2,1-5H3;6H,1-5H3. The Morgan fingerprint density at radius 1 is 0.453 bits per heavy atom. The molecule has 3 fully saturated rings. The first-order chi connectivity index (χ1) is 34.2. The first-order valence-electron chi connectivity index (χ1n) is 31.3. The third kappa shape index (κ3) is 40.2. The number of ether oxygens (including phenoxy) is 1. The Hall–Kier alpha value is -1.68.